The van der Waals surface area contributed by atoms with E-state index in [4.69, 9.17) is 0 Å². The van der Waals surface area contributed by atoms with Crippen LogP contribution in [0.25, 0.3) is 11.0 Å². The summed E-state index contributed by atoms with van der Waals surface area (Å²) in [5.74, 6) is -0.0886. The fraction of sp³-hybridized carbons (Fsp3) is 0.429. The summed E-state index contributed by atoms with van der Waals surface area (Å²) in [6.07, 6.45) is 5.73. The number of sulfonamides is 1. The smallest absolute Gasteiger partial charge is 0.252 e. The van der Waals surface area contributed by atoms with Crippen molar-refractivity contribution >= 4 is 38.3 Å². The van der Waals surface area contributed by atoms with Gasteiger partial charge in [0.1, 0.15) is 4.21 Å². The van der Waals surface area contributed by atoms with E-state index in [1.54, 1.807) is 16.4 Å². The molecule has 0 spiro atoms. The number of nitrogens with zero attached hydrogens (tertiary/aromatic N) is 3. The van der Waals surface area contributed by atoms with Gasteiger partial charge in [0.25, 0.3) is 10.0 Å². The van der Waals surface area contributed by atoms with Crippen LogP contribution in [0.5, 0.6) is 0 Å². The summed E-state index contributed by atoms with van der Waals surface area (Å²) in [5, 5.41) is 2.93. The minimum absolute atomic E-state index is 0.0886. The number of hydrogen-bond donors (Lipinski definition) is 1. The van der Waals surface area contributed by atoms with E-state index in [1.807, 2.05) is 30.6 Å². The number of imidazole rings is 1. The van der Waals surface area contributed by atoms with Gasteiger partial charge >= 0.3 is 0 Å². The number of fused-ring (bicyclic) bond motifs is 1. The van der Waals surface area contributed by atoms with Crippen molar-refractivity contribution in [2.45, 2.75) is 42.9 Å². The molecule has 0 atom stereocenters. The van der Waals surface area contributed by atoms with Crippen LogP contribution in [0, 0.1) is 0 Å². The van der Waals surface area contributed by atoms with Crippen LogP contribution >= 0.6 is 11.3 Å². The summed E-state index contributed by atoms with van der Waals surface area (Å²) in [4.78, 5) is 17.4. The molecule has 1 aliphatic heterocycles. The minimum Gasteiger partial charge on any atom is -0.356 e. The van der Waals surface area contributed by atoms with Gasteiger partial charge in [0.05, 0.1) is 23.8 Å². The Morgan fingerprint density at radius 1 is 1.10 bits per heavy atom. The topological polar surface area (TPSA) is 84.3 Å². The standard InChI is InChI=1S/C21H26N4O3S2/c26-20(22-11-6-12-24-16-23-18-7-2-3-8-19(18)24)15-17-9-10-21(29-17)30(27,28)25-13-4-1-5-14-25/h2-3,7-10,16H,1,4-6,11-15H2,(H,22,26). The number of hydrogen-bond acceptors (Lipinski definition) is 5. The predicted molar refractivity (Wildman–Crippen MR) is 118 cm³/mol. The average Bonchev–Trinajstić information content (AvgIpc) is 3.39. The second-order valence-corrected chi connectivity index (χ2v) is 10.8. The Hall–Kier alpha value is -2.23. The summed E-state index contributed by atoms with van der Waals surface area (Å²) in [5.41, 5.74) is 2.05. The van der Waals surface area contributed by atoms with E-state index >= 15 is 0 Å². The van der Waals surface area contributed by atoms with Crippen LogP contribution in [0.1, 0.15) is 30.6 Å². The van der Waals surface area contributed by atoms with Crippen LogP contribution < -0.4 is 5.32 Å². The molecule has 1 N–H and O–H groups in total. The van der Waals surface area contributed by atoms with Gasteiger partial charge in [-0.25, -0.2) is 13.4 Å². The van der Waals surface area contributed by atoms with Crippen molar-refractivity contribution in [1.82, 2.24) is 19.2 Å². The molecule has 0 bridgehead atoms. The Morgan fingerprint density at radius 3 is 2.73 bits per heavy atom. The molecule has 3 aromatic rings. The highest BCUT2D eigenvalue weighted by molar-refractivity contribution is 7.91. The van der Waals surface area contributed by atoms with Gasteiger partial charge in [-0.1, -0.05) is 18.6 Å². The van der Waals surface area contributed by atoms with E-state index in [2.05, 4.69) is 14.9 Å². The molecule has 0 radical (unpaired) electrons. The number of benzene rings is 1. The van der Waals surface area contributed by atoms with Crippen LogP contribution in [0.2, 0.25) is 0 Å². The summed E-state index contributed by atoms with van der Waals surface area (Å²) in [6, 6.07) is 11.3. The zero-order valence-electron chi connectivity index (χ0n) is 16.8. The van der Waals surface area contributed by atoms with Gasteiger partial charge in [0, 0.05) is 31.1 Å². The van der Waals surface area contributed by atoms with Crippen molar-refractivity contribution in [2.24, 2.45) is 0 Å². The molecule has 1 aliphatic rings. The van der Waals surface area contributed by atoms with Crippen LogP contribution in [0.4, 0.5) is 0 Å². The van der Waals surface area contributed by atoms with Crippen molar-refractivity contribution in [3.63, 3.8) is 0 Å². The quantitative estimate of drug-likeness (QED) is 0.539. The summed E-state index contributed by atoms with van der Waals surface area (Å²) in [6.45, 7) is 2.51. The molecule has 1 saturated heterocycles. The van der Waals surface area contributed by atoms with Gasteiger partial charge in [0.15, 0.2) is 0 Å². The third kappa shape index (κ3) is 4.74. The zero-order chi connectivity index (χ0) is 21.0. The maximum Gasteiger partial charge on any atom is 0.252 e. The molecule has 9 heteroatoms. The van der Waals surface area contributed by atoms with Crippen LogP contribution in [0.3, 0.4) is 0 Å². The van der Waals surface area contributed by atoms with Crippen molar-refractivity contribution in [3.05, 3.63) is 47.6 Å². The molecule has 0 aliphatic carbocycles. The summed E-state index contributed by atoms with van der Waals surface area (Å²) >= 11 is 1.20. The van der Waals surface area contributed by atoms with Crippen LogP contribution in [-0.4, -0.2) is 47.8 Å². The Balaban J connectivity index is 1.25. The largest absolute Gasteiger partial charge is 0.356 e. The fourth-order valence-electron chi connectivity index (χ4n) is 3.71. The van der Waals surface area contributed by atoms with Gasteiger partial charge in [-0.15, -0.1) is 11.3 Å². The lowest BCUT2D eigenvalue weighted by Gasteiger charge is -2.25. The van der Waals surface area contributed by atoms with E-state index in [0.29, 0.717) is 23.8 Å². The van der Waals surface area contributed by atoms with E-state index in [1.165, 1.54) is 11.3 Å². The summed E-state index contributed by atoms with van der Waals surface area (Å²) < 4.78 is 29.4. The number of rotatable bonds is 8. The second-order valence-electron chi connectivity index (χ2n) is 7.49. The molecule has 1 amide bonds. The first-order valence-corrected chi connectivity index (χ1v) is 12.5. The fourth-order valence-corrected chi connectivity index (χ4v) is 6.74. The van der Waals surface area contributed by atoms with Crippen molar-refractivity contribution in [2.75, 3.05) is 19.6 Å². The average molecular weight is 447 g/mol. The Labute approximate surface area is 180 Å². The molecule has 0 unspecified atom stereocenters. The van der Waals surface area contributed by atoms with Gasteiger partial charge < -0.3 is 9.88 Å². The predicted octanol–water partition coefficient (Wildman–Crippen LogP) is 3.02. The Bertz CT molecular complexity index is 1110. The normalized spacial score (nSPS) is 15.5. The van der Waals surface area contributed by atoms with Crippen LogP contribution in [-0.2, 0) is 27.8 Å². The molecule has 3 heterocycles. The molecule has 30 heavy (non-hydrogen) atoms. The zero-order valence-corrected chi connectivity index (χ0v) is 18.4. The third-order valence-corrected chi connectivity index (χ3v) is 8.76. The highest BCUT2D eigenvalue weighted by Crippen LogP contribution is 2.27. The maximum atomic E-state index is 12.7. The molecule has 1 fully saturated rings. The van der Waals surface area contributed by atoms with Crippen molar-refractivity contribution in [1.29, 1.82) is 0 Å². The highest BCUT2D eigenvalue weighted by atomic mass is 32.2. The number of para-hydroxylation sites is 2. The number of nitrogens with one attached hydrogen (secondary N) is 1. The molecule has 160 valence electrons. The van der Waals surface area contributed by atoms with Crippen LogP contribution in [0.15, 0.2) is 46.9 Å². The van der Waals surface area contributed by atoms with Gasteiger partial charge in [-0.2, -0.15) is 4.31 Å². The number of piperidine rings is 1. The molecule has 7 nitrogen and oxygen atoms in total. The second kappa shape index (κ2) is 9.28. The molecule has 1 aromatic carbocycles. The van der Waals surface area contributed by atoms with E-state index < -0.39 is 10.0 Å². The number of carbonyl (C=O) groups is 1. The minimum atomic E-state index is -3.43. The summed E-state index contributed by atoms with van der Waals surface area (Å²) in [7, 11) is -3.43. The number of aryl methyl sites for hydroxylation is 1. The lowest BCUT2D eigenvalue weighted by atomic mass is 10.2. The third-order valence-electron chi connectivity index (χ3n) is 5.31. The first-order valence-electron chi connectivity index (χ1n) is 10.3. The Kier molecular flexibility index (Phi) is 6.50. The lowest BCUT2D eigenvalue weighted by molar-refractivity contribution is -0.120. The molecule has 0 saturated carbocycles. The molecule has 4 rings (SSSR count). The Morgan fingerprint density at radius 2 is 1.90 bits per heavy atom. The van der Waals surface area contributed by atoms with E-state index in [-0.39, 0.29) is 12.3 Å². The van der Waals surface area contributed by atoms with Gasteiger partial charge in [0.2, 0.25) is 5.91 Å². The number of amides is 1. The monoisotopic (exact) mass is 446 g/mol. The molecule has 2 aromatic heterocycles. The first-order chi connectivity index (χ1) is 14.5. The SMILES string of the molecule is O=C(Cc1ccc(S(=O)(=O)N2CCCCC2)s1)NCCCn1cnc2ccccc21. The van der Waals surface area contributed by atoms with E-state index in [9.17, 15) is 13.2 Å². The first kappa shape index (κ1) is 21.0. The molecular weight excluding hydrogens is 420 g/mol. The lowest BCUT2D eigenvalue weighted by Crippen LogP contribution is -2.35. The van der Waals surface area contributed by atoms with Gasteiger partial charge in [-0.3, -0.25) is 4.79 Å². The number of aromatic nitrogens is 2. The van der Waals surface area contributed by atoms with E-state index in [0.717, 1.165) is 48.1 Å². The van der Waals surface area contributed by atoms with Crippen molar-refractivity contribution in [3.8, 4) is 0 Å². The van der Waals surface area contributed by atoms with Gasteiger partial charge in [-0.05, 0) is 43.5 Å². The highest BCUT2D eigenvalue weighted by Gasteiger charge is 2.27. The van der Waals surface area contributed by atoms with Crippen molar-refractivity contribution < 1.29 is 13.2 Å². The number of thiophene rings is 1. The molecular formula is C21H26N4O3S2. The number of carbonyl (C=O) groups excluding carboxylic acids is 1. The maximum absolute atomic E-state index is 12.7.